The molecule has 1 N–H and O–H groups in total. The van der Waals surface area contributed by atoms with Crippen molar-refractivity contribution in [1.29, 1.82) is 0 Å². The Labute approximate surface area is 104 Å². The van der Waals surface area contributed by atoms with Gasteiger partial charge in [0.1, 0.15) is 24.5 Å². The molecule has 5 nitrogen and oxygen atoms in total. The molecule has 1 amide bonds. The Balaban J connectivity index is 1.95. The predicted octanol–water partition coefficient (Wildman–Crippen LogP) is 1.29. The number of carbonyl (C=O) groups excluding carboxylic acids is 1. The van der Waals surface area contributed by atoms with Gasteiger partial charge >= 0.3 is 0 Å². The first-order valence-corrected chi connectivity index (χ1v) is 5.53. The molecule has 1 aromatic heterocycles. The fourth-order valence-corrected chi connectivity index (χ4v) is 1.51. The van der Waals surface area contributed by atoms with Crippen LogP contribution in [0.5, 0.6) is 0 Å². The molecule has 0 bridgehead atoms. The van der Waals surface area contributed by atoms with Crippen LogP contribution in [0.1, 0.15) is 18.5 Å². The van der Waals surface area contributed by atoms with Gasteiger partial charge in [0.15, 0.2) is 0 Å². The number of aromatic nitrogens is 3. The highest BCUT2D eigenvalue weighted by Crippen LogP contribution is 2.07. The molecule has 6 heteroatoms. The van der Waals surface area contributed by atoms with Crippen LogP contribution < -0.4 is 5.32 Å². The van der Waals surface area contributed by atoms with Crippen LogP contribution in [0.3, 0.4) is 0 Å². The number of hydrogen-bond acceptors (Lipinski definition) is 3. The van der Waals surface area contributed by atoms with Crippen molar-refractivity contribution in [2.45, 2.75) is 19.5 Å². The van der Waals surface area contributed by atoms with E-state index in [1.165, 1.54) is 23.4 Å². The van der Waals surface area contributed by atoms with Gasteiger partial charge in [0.25, 0.3) is 0 Å². The van der Waals surface area contributed by atoms with Gasteiger partial charge in [-0.1, -0.05) is 18.2 Å². The topological polar surface area (TPSA) is 59.8 Å². The van der Waals surface area contributed by atoms with Crippen LogP contribution in [-0.4, -0.2) is 20.7 Å². The second-order valence-electron chi connectivity index (χ2n) is 3.86. The van der Waals surface area contributed by atoms with Crippen molar-refractivity contribution in [3.8, 4) is 0 Å². The second kappa shape index (κ2) is 5.39. The third-order valence-corrected chi connectivity index (χ3v) is 2.62. The molecule has 0 aliphatic heterocycles. The van der Waals surface area contributed by atoms with Crippen LogP contribution in [0.4, 0.5) is 4.39 Å². The van der Waals surface area contributed by atoms with Crippen molar-refractivity contribution in [3.05, 3.63) is 48.3 Å². The molecule has 0 saturated heterocycles. The lowest BCUT2D eigenvalue weighted by atomic mass is 10.2. The van der Waals surface area contributed by atoms with Gasteiger partial charge in [-0.3, -0.25) is 4.79 Å². The number of halogens is 1. The molecule has 1 heterocycles. The largest absolute Gasteiger partial charge is 0.350 e. The smallest absolute Gasteiger partial charge is 0.244 e. The lowest BCUT2D eigenvalue weighted by Gasteiger charge is -2.12. The maximum absolute atomic E-state index is 13.3. The molecule has 0 aliphatic rings. The van der Waals surface area contributed by atoms with Gasteiger partial charge < -0.3 is 5.32 Å². The number of carbonyl (C=O) groups is 1. The summed E-state index contributed by atoms with van der Waals surface area (Å²) in [6.07, 6.45) is 2.83. The van der Waals surface area contributed by atoms with E-state index >= 15 is 0 Å². The highest BCUT2D eigenvalue weighted by atomic mass is 19.1. The van der Waals surface area contributed by atoms with E-state index in [-0.39, 0.29) is 18.3 Å². The Morgan fingerprint density at radius 1 is 1.50 bits per heavy atom. The summed E-state index contributed by atoms with van der Waals surface area (Å²) in [6.45, 7) is 1.86. The third-order valence-electron chi connectivity index (χ3n) is 2.62. The zero-order chi connectivity index (χ0) is 13.0. The first-order chi connectivity index (χ1) is 8.68. The number of nitrogens with one attached hydrogen (secondary N) is 1. The van der Waals surface area contributed by atoms with E-state index in [1.807, 2.05) is 0 Å². The maximum atomic E-state index is 13.3. The molecule has 94 valence electrons. The minimum Gasteiger partial charge on any atom is -0.350 e. The van der Waals surface area contributed by atoms with E-state index in [0.29, 0.717) is 5.56 Å². The monoisotopic (exact) mass is 248 g/mol. The lowest BCUT2D eigenvalue weighted by Crippen LogP contribution is -2.31. The fourth-order valence-electron chi connectivity index (χ4n) is 1.51. The maximum Gasteiger partial charge on any atom is 0.244 e. The molecule has 0 spiro atoms. The van der Waals surface area contributed by atoms with Crippen LogP contribution in [-0.2, 0) is 11.3 Å². The molecule has 1 unspecified atom stereocenters. The van der Waals surface area contributed by atoms with Gasteiger partial charge in [0.2, 0.25) is 5.91 Å². The molecular formula is C12H13FN4O. The quantitative estimate of drug-likeness (QED) is 0.887. The summed E-state index contributed by atoms with van der Waals surface area (Å²) in [5.41, 5.74) is 0.455. The molecule has 18 heavy (non-hydrogen) atoms. The summed E-state index contributed by atoms with van der Waals surface area (Å²) in [7, 11) is 0. The molecule has 0 aliphatic carbocycles. The lowest BCUT2D eigenvalue weighted by molar-refractivity contribution is -0.124. The Morgan fingerprint density at radius 2 is 2.28 bits per heavy atom. The highest BCUT2D eigenvalue weighted by molar-refractivity contribution is 5.79. The summed E-state index contributed by atoms with van der Waals surface area (Å²) >= 11 is 0. The van der Waals surface area contributed by atoms with E-state index in [1.54, 1.807) is 25.1 Å². The summed E-state index contributed by atoms with van der Waals surface area (Å²) in [5.74, 6) is -0.560. The number of hydrogen-bond donors (Lipinski definition) is 1. The van der Waals surface area contributed by atoms with Crippen LogP contribution in [0, 0.1) is 5.82 Å². The van der Waals surface area contributed by atoms with Crippen LogP contribution in [0.2, 0.25) is 0 Å². The van der Waals surface area contributed by atoms with E-state index in [0.717, 1.165) is 0 Å². The van der Waals surface area contributed by atoms with Crippen LogP contribution in [0.15, 0.2) is 36.9 Å². The summed E-state index contributed by atoms with van der Waals surface area (Å²) in [4.78, 5) is 15.6. The normalized spacial score (nSPS) is 12.1. The number of rotatable bonds is 4. The van der Waals surface area contributed by atoms with Gasteiger partial charge in [-0.25, -0.2) is 14.1 Å². The third kappa shape index (κ3) is 2.71. The first kappa shape index (κ1) is 12.2. The number of amides is 1. The zero-order valence-electron chi connectivity index (χ0n) is 9.88. The average Bonchev–Trinajstić information content (AvgIpc) is 2.90. The fraction of sp³-hybridized carbons (Fsp3) is 0.250. The molecule has 1 atom stereocenters. The van der Waals surface area contributed by atoms with Crippen molar-refractivity contribution >= 4 is 5.91 Å². The zero-order valence-corrected chi connectivity index (χ0v) is 9.88. The van der Waals surface area contributed by atoms with Crippen LogP contribution in [0.25, 0.3) is 0 Å². The van der Waals surface area contributed by atoms with E-state index in [4.69, 9.17) is 0 Å². The van der Waals surface area contributed by atoms with Gasteiger partial charge in [-0.15, -0.1) is 0 Å². The minimum absolute atomic E-state index is 0.157. The molecular weight excluding hydrogens is 235 g/mol. The molecule has 0 fully saturated rings. The summed E-state index contributed by atoms with van der Waals surface area (Å²) in [6, 6.07) is 5.86. The first-order valence-electron chi connectivity index (χ1n) is 5.53. The Morgan fingerprint density at radius 3 is 2.94 bits per heavy atom. The molecule has 2 rings (SSSR count). The van der Waals surface area contributed by atoms with Crippen molar-refractivity contribution < 1.29 is 9.18 Å². The number of nitrogens with zero attached hydrogens (tertiary/aromatic N) is 3. The predicted molar refractivity (Wildman–Crippen MR) is 63.0 cm³/mol. The van der Waals surface area contributed by atoms with Gasteiger partial charge in [0, 0.05) is 12.1 Å². The molecule has 2 aromatic rings. The number of benzene rings is 1. The van der Waals surface area contributed by atoms with Gasteiger partial charge in [0.05, 0.1) is 0 Å². The van der Waals surface area contributed by atoms with Gasteiger partial charge in [-0.2, -0.15) is 5.10 Å². The summed E-state index contributed by atoms with van der Waals surface area (Å²) in [5, 5.41) is 6.54. The van der Waals surface area contributed by atoms with Crippen molar-refractivity contribution in [2.75, 3.05) is 0 Å². The SMILES string of the molecule is CC(C(=O)NCc1ccccc1F)n1cncn1. The van der Waals surface area contributed by atoms with E-state index in [9.17, 15) is 9.18 Å². The molecule has 1 aromatic carbocycles. The standard InChI is InChI=1S/C12H13FN4O/c1-9(17-8-14-7-16-17)12(18)15-6-10-4-2-3-5-11(10)13/h2-5,7-9H,6H2,1H3,(H,15,18). The van der Waals surface area contributed by atoms with Crippen molar-refractivity contribution in [2.24, 2.45) is 0 Å². The van der Waals surface area contributed by atoms with E-state index in [2.05, 4.69) is 15.4 Å². The summed E-state index contributed by atoms with van der Waals surface area (Å²) < 4.78 is 14.8. The van der Waals surface area contributed by atoms with Crippen molar-refractivity contribution in [1.82, 2.24) is 20.1 Å². The van der Waals surface area contributed by atoms with E-state index < -0.39 is 6.04 Å². The molecule has 0 saturated carbocycles. The van der Waals surface area contributed by atoms with Crippen LogP contribution >= 0.6 is 0 Å². The second-order valence-corrected chi connectivity index (χ2v) is 3.86. The Hall–Kier alpha value is -2.24. The Kier molecular flexibility index (Phi) is 3.66. The molecule has 0 radical (unpaired) electrons. The minimum atomic E-state index is -0.473. The Bertz CT molecular complexity index is 527. The highest BCUT2D eigenvalue weighted by Gasteiger charge is 2.15. The van der Waals surface area contributed by atoms with Gasteiger partial charge in [-0.05, 0) is 13.0 Å². The van der Waals surface area contributed by atoms with Crippen molar-refractivity contribution in [3.63, 3.8) is 0 Å². The average molecular weight is 248 g/mol.